The average Bonchev–Trinajstić information content (AvgIpc) is 2.51. The third kappa shape index (κ3) is 3.30. The van der Waals surface area contributed by atoms with Gasteiger partial charge in [0.2, 0.25) is 5.91 Å². The van der Waals surface area contributed by atoms with E-state index in [0.29, 0.717) is 0 Å². The summed E-state index contributed by atoms with van der Waals surface area (Å²) in [7, 11) is 0. The second kappa shape index (κ2) is 4.31. The maximum Gasteiger partial charge on any atom is 0.227 e. The maximum atomic E-state index is 11.4. The maximum absolute atomic E-state index is 11.4. The number of hydrogen-bond acceptors (Lipinski definition) is 3. The van der Waals surface area contributed by atoms with Crippen LogP contribution in [-0.4, -0.2) is 10.3 Å². The minimum atomic E-state index is 0.00480. The zero-order valence-electron chi connectivity index (χ0n) is 9.92. The van der Waals surface area contributed by atoms with E-state index in [2.05, 4.69) is 30.5 Å². The topological polar surface area (TPSA) is 42.0 Å². The third-order valence-electron chi connectivity index (χ3n) is 2.05. The Morgan fingerprint density at radius 2 is 2.07 bits per heavy atom. The van der Waals surface area contributed by atoms with E-state index in [9.17, 15) is 4.79 Å². The highest BCUT2D eigenvalue weighted by Crippen LogP contribution is 2.26. The highest BCUT2D eigenvalue weighted by molar-refractivity contribution is 7.10. The molecule has 3 nitrogen and oxygen atoms in total. The molecular weight excluding hydrogens is 208 g/mol. The molecule has 1 heterocycles. The summed E-state index contributed by atoms with van der Waals surface area (Å²) in [6.07, 6.45) is 0. The van der Waals surface area contributed by atoms with Crippen LogP contribution >= 0.6 is 11.5 Å². The predicted octanol–water partition coefficient (Wildman–Crippen LogP) is 3.04. The molecule has 0 aliphatic carbocycles. The standard InChI is InChI=1S/C11H18N2OS/c1-7(2)10(14)12-9-6-8(13-15-9)11(3,4)5/h6-7H,1-5H3,(H,12,14). The molecule has 84 valence electrons. The van der Waals surface area contributed by atoms with E-state index in [4.69, 9.17) is 0 Å². The van der Waals surface area contributed by atoms with Gasteiger partial charge in [0.15, 0.2) is 0 Å². The molecule has 1 aromatic rings. The van der Waals surface area contributed by atoms with E-state index in [-0.39, 0.29) is 17.2 Å². The molecular formula is C11H18N2OS. The van der Waals surface area contributed by atoms with Gasteiger partial charge in [0.05, 0.1) is 5.69 Å². The number of hydrogen-bond donors (Lipinski definition) is 1. The number of anilines is 1. The molecule has 15 heavy (non-hydrogen) atoms. The molecule has 0 atom stereocenters. The SMILES string of the molecule is CC(C)C(=O)Nc1cc(C(C)(C)C)ns1. The van der Waals surface area contributed by atoms with Crippen LogP contribution in [0.4, 0.5) is 5.00 Å². The largest absolute Gasteiger partial charge is 0.316 e. The summed E-state index contributed by atoms with van der Waals surface area (Å²) in [5.41, 5.74) is 1.06. The lowest BCUT2D eigenvalue weighted by molar-refractivity contribution is -0.118. The summed E-state index contributed by atoms with van der Waals surface area (Å²) < 4.78 is 4.33. The first-order valence-corrected chi connectivity index (χ1v) is 5.86. The molecule has 0 saturated heterocycles. The van der Waals surface area contributed by atoms with Crippen molar-refractivity contribution in [1.82, 2.24) is 4.37 Å². The summed E-state index contributed by atoms with van der Waals surface area (Å²) in [5, 5.41) is 3.68. The van der Waals surface area contributed by atoms with Crippen molar-refractivity contribution >= 4 is 22.4 Å². The van der Waals surface area contributed by atoms with Crippen molar-refractivity contribution < 1.29 is 4.79 Å². The van der Waals surface area contributed by atoms with Gasteiger partial charge in [-0.25, -0.2) is 0 Å². The minimum absolute atomic E-state index is 0.00480. The summed E-state index contributed by atoms with van der Waals surface area (Å²) >= 11 is 1.34. The zero-order chi connectivity index (χ0) is 11.6. The summed E-state index contributed by atoms with van der Waals surface area (Å²) in [6.45, 7) is 10.1. The van der Waals surface area contributed by atoms with Crippen molar-refractivity contribution in [2.75, 3.05) is 5.32 Å². The molecule has 0 unspecified atom stereocenters. The number of carbonyl (C=O) groups excluding carboxylic acids is 1. The van der Waals surface area contributed by atoms with E-state index in [1.807, 2.05) is 19.9 Å². The zero-order valence-corrected chi connectivity index (χ0v) is 10.7. The van der Waals surface area contributed by atoms with Gasteiger partial charge in [-0.05, 0) is 17.6 Å². The van der Waals surface area contributed by atoms with Gasteiger partial charge in [-0.3, -0.25) is 4.79 Å². The number of rotatable bonds is 2. The molecule has 0 fully saturated rings. The normalized spacial score (nSPS) is 11.9. The molecule has 0 saturated carbocycles. The highest BCUT2D eigenvalue weighted by atomic mass is 32.1. The van der Waals surface area contributed by atoms with Gasteiger partial charge >= 0.3 is 0 Å². The summed E-state index contributed by atoms with van der Waals surface area (Å²) in [5.74, 6) is 0.0456. The van der Waals surface area contributed by atoms with Gasteiger partial charge < -0.3 is 5.32 Å². The Morgan fingerprint density at radius 1 is 1.47 bits per heavy atom. The fourth-order valence-electron chi connectivity index (χ4n) is 0.953. The first kappa shape index (κ1) is 12.2. The van der Waals surface area contributed by atoms with Crippen LogP contribution in [0.3, 0.4) is 0 Å². The van der Waals surface area contributed by atoms with Gasteiger partial charge in [-0.1, -0.05) is 34.6 Å². The fraction of sp³-hybridized carbons (Fsp3) is 0.636. The van der Waals surface area contributed by atoms with E-state index in [0.717, 1.165) is 10.7 Å². The number of carbonyl (C=O) groups is 1. The molecule has 0 bridgehead atoms. The van der Waals surface area contributed by atoms with Crippen LogP contribution in [0.1, 0.15) is 40.3 Å². The van der Waals surface area contributed by atoms with Crippen molar-refractivity contribution in [3.63, 3.8) is 0 Å². The predicted molar refractivity (Wildman–Crippen MR) is 64.3 cm³/mol. The van der Waals surface area contributed by atoms with E-state index in [1.165, 1.54) is 11.5 Å². The van der Waals surface area contributed by atoms with Crippen LogP contribution in [-0.2, 0) is 10.2 Å². The van der Waals surface area contributed by atoms with Crippen molar-refractivity contribution in [2.24, 2.45) is 5.92 Å². The van der Waals surface area contributed by atoms with Crippen LogP contribution < -0.4 is 5.32 Å². The van der Waals surface area contributed by atoms with Gasteiger partial charge in [0.1, 0.15) is 5.00 Å². The smallest absolute Gasteiger partial charge is 0.227 e. The third-order valence-corrected chi connectivity index (χ3v) is 2.75. The van der Waals surface area contributed by atoms with Crippen LogP contribution in [0.25, 0.3) is 0 Å². The summed E-state index contributed by atoms with van der Waals surface area (Å²) in [4.78, 5) is 11.4. The Morgan fingerprint density at radius 3 is 2.47 bits per heavy atom. The number of amides is 1. The van der Waals surface area contributed by atoms with E-state index in [1.54, 1.807) is 0 Å². The molecule has 1 rings (SSSR count). The molecule has 0 aliphatic rings. The van der Waals surface area contributed by atoms with Crippen LogP contribution in [0, 0.1) is 5.92 Å². The van der Waals surface area contributed by atoms with Gasteiger partial charge in [0.25, 0.3) is 0 Å². The highest BCUT2D eigenvalue weighted by Gasteiger charge is 2.18. The Hall–Kier alpha value is -0.900. The van der Waals surface area contributed by atoms with E-state index >= 15 is 0 Å². The number of nitrogens with one attached hydrogen (secondary N) is 1. The van der Waals surface area contributed by atoms with Gasteiger partial charge in [0, 0.05) is 11.3 Å². The van der Waals surface area contributed by atoms with Crippen molar-refractivity contribution in [3.8, 4) is 0 Å². The Balaban J connectivity index is 2.73. The molecule has 0 radical (unpaired) electrons. The number of aromatic nitrogens is 1. The average molecular weight is 226 g/mol. The van der Waals surface area contributed by atoms with Crippen molar-refractivity contribution in [2.45, 2.75) is 40.0 Å². The Kier molecular flexibility index (Phi) is 3.50. The van der Waals surface area contributed by atoms with Gasteiger partial charge in [-0.15, -0.1) is 0 Å². The monoisotopic (exact) mass is 226 g/mol. The molecule has 1 N–H and O–H groups in total. The second-order valence-electron chi connectivity index (χ2n) is 4.97. The molecule has 0 spiro atoms. The minimum Gasteiger partial charge on any atom is -0.316 e. The Bertz CT molecular complexity index is 350. The molecule has 1 aromatic heterocycles. The van der Waals surface area contributed by atoms with Crippen LogP contribution in [0.2, 0.25) is 0 Å². The molecule has 0 aromatic carbocycles. The lowest BCUT2D eigenvalue weighted by Crippen LogP contribution is -2.17. The molecule has 4 heteroatoms. The lowest BCUT2D eigenvalue weighted by atomic mass is 9.92. The number of nitrogens with zero attached hydrogens (tertiary/aromatic N) is 1. The first-order valence-electron chi connectivity index (χ1n) is 5.09. The first-order chi connectivity index (χ1) is 6.80. The Labute approximate surface area is 95.1 Å². The van der Waals surface area contributed by atoms with Crippen LogP contribution in [0.5, 0.6) is 0 Å². The van der Waals surface area contributed by atoms with Crippen LogP contribution in [0.15, 0.2) is 6.07 Å². The van der Waals surface area contributed by atoms with Crippen molar-refractivity contribution in [3.05, 3.63) is 11.8 Å². The van der Waals surface area contributed by atoms with E-state index < -0.39 is 0 Å². The molecule has 0 aliphatic heterocycles. The lowest BCUT2D eigenvalue weighted by Gasteiger charge is -2.13. The molecule has 1 amide bonds. The van der Waals surface area contributed by atoms with Gasteiger partial charge in [-0.2, -0.15) is 4.37 Å². The van der Waals surface area contributed by atoms with Crippen molar-refractivity contribution in [1.29, 1.82) is 0 Å². The summed E-state index contributed by atoms with van der Waals surface area (Å²) in [6, 6.07) is 1.95. The second-order valence-corrected chi connectivity index (χ2v) is 5.78. The quantitative estimate of drug-likeness (QED) is 0.842. The fourth-order valence-corrected chi connectivity index (χ4v) is 1.79.